The quantitative estimate of drug-likeness (QED) is 0.644. The third kappa shape index (κ3) is 4.50. The highest BCUT2D eigenvalue weighted by Gasteiger charge is 2.12. The van der Waals surface area contributed by atoms with Crippen LogP contribution in [-0.4, -0.2) is 40.3 Å². The van der Waals surface area contributed by atoms with Crippen molar-refractivity contribution < 1.29 is 14.5 Å². The first-order valence-electron chi connectivity index (χ1n) is 7.24. The molecule has 0 fully saturated rings. The summed E-state index contributed by atoms with van der Waals surface area (Å²) >= 11 is 0. The summed E-state index contributed by atoms with van der Waals surface area (Å²) in [6, 6.07) is 8.45. The molecule has 1 aromatic heterocycles. The SMILES string of the molecule is CN(C)C(=O)c1cccc(NC(=O)Cn2cc([N+](=O)[O-])ccc2=O)c1. The van der Waals surface area contributed by atoms with Gasteiger partial charge < -0.3 is 10.2 Å². The van der Waals surface area contributed by atoms with Gasteiger partial charge in [0.2, 0.25) is 5.91 Å². The molecule has 1 N–H and O–H groups in total. The monoisotopic (exact) mass is 344 g/mol. The van der Waals surface area contributed by atoms with E-state index in [9.17, 15) is 24.5 Å². The van der Waals surface area contributed by atoms with Gasteiger partial charge in [-0.15, -0.1) is 0 Å². The first kappa shape index (κ1) is 17.9. The molecular weight excluding hydrogens is 328 g/mol. The number of carbonyl (C=O) groups excluding carboxylic acids is 2. The standard InChI is InChI=1S/C16H16N4O5/c1-18(2)16(23)11-4-3-5-12(8-11)17-14(21)10-19-9-13(20(24)25)6-7-15(19)22/h3-9H,10H2,1-2H3,(H,17,21). The minimum atomic E-state index is -0.649. The number of nitrogens with one attached hydrogen (secondary N) is 1. The Balaban J connectivity index is 2.15. The van der Waals surface area contributed by atoms with Crippen molar-refractivity contribution in [3.8, 4) is 0 Å². The average Bonchev–Trinajstić information content (AvgIpc) is 2.56. The average molecular weight is 344 g/mol. The molecule has 2 aromatic rings. The van der Waals surface area contributed by atoms with E-state index in [1.165, 1.54) is 11.0 Å². The van der Waals surface area contributed by atoms with Gasteiger partial charge in [-0.2, -0.15) is 0 Å². The Labute approximate surface area is 142 Å². The van der Waals surface area contributed by atoms with Crippen molar-refractivity contribution >= 4 is 23.2 Å². The molecule has 1 aromatic carbocycles. The van der Waals surface area contributed by atoms with Gasteiger partial charge in [0.25, 0.3) is 17.2 Å². The van der Waals surface area contributed by atoms with E-state index in [0.29, 0.717) is 11.3 Å². The van der Waals surface area contributed by atoms with Gasteiger partial charge in [0.05, 0.1) is 11.1 Å². The van der Waals surface area contributed by atoms with E-state index in [1.807, 2.05) is 0 Å². The number of anilines is 1. The number of benzene rings is 1. The van der Waals surface area contributed by atoms with E-state index in [4.69, 9.17) is 0 Å². The molecule has 0 aliphatic carbocycles. The molecule has 0 radical (unpaired) electrons. The summed E-state index contributed by atoms with van der Waals surface area (Å²) in [5.41, 5.74) is -0.0326. The topological polar surface area (TPSA) is 115 Å². The third-order valence-electron chi connectivity index (χ3n) is 3.29. The fourth-order valence-corrected chi connectivity index (χ4v) is 2.09. The van der Waals surface area contributed by atoms with Crippen LogP contribution in [0.25, 0.3) is 0 Å². The highest BCUT2D eigenvalue weighted by atomic mass is 16.6. The van der Waals surface area contributed by atoms with Gasteiger partial charge in [0.15, 0.2) is 0 Å². The van der Waals surface area contributed by atoms with Crippen molar-refractivity contribution in [2.24, 2.45) is 0 Å². The molecule has 2 amide bonds. The third-order valence-corrected chi connectivity index (χ3v) is 3.29. The molecule has 0 aliphatic heterocycles. The molecular formula is C16H16N4O5. The number of amides is 2. The second-order valence-corrected chi connectivity index (χ2v) is 5.44. The highest BCUT2D eigenvalue weighted by Crippen LogP contribution is 2.12. The predicted molar refractivity (Wildman–Crippen MR) is 90.4 cm³/mol. The van der Waals surface area contributed by atoms with Crippen LogP contribution in [-0.2, 0) is 11.3 Å². The Kier molecular flexibility index (Phi) is 5.28. The second kappa shape index (κ2) is 7.39. The highest BCUT2D eigenvalue weighted by molar-refractivity contribution is 5.96. The molecule has 0 aliphatic rings. The zero-order valence-electron chi connectivity index (χ0n) is 13.6. The molecule has 25 heavy (non-hydrogen) atoms. The molecule has 0 spiro atoms. The Morgan fingerprint density at radius 3 is 2.60 bits per heavy atom. The van der Waals surface area contributed by atoms with Crippen molar-refractivity contribution in [3.05, 3.63) is 68.6 Å². The molecule has 1 heterocycles. The number of nitro groups is 1. The van der Waals surface area contributed by atoms with Crippen LogP contribution in [0.5, 0.6) is 0 Å². The van der Waals surface area contributed by atoms with E-state index in [0.717, 1.165) is 22.9 Å². The van der Waals surface area contributed by atoms with Crippen LogP contribution < -0.4 is 10.9 Å². The number of nitrogens with zero attached hydrogens (tertiary/aromatic N) is 3. The van der Waals surface area contributed by atoms with E-state index in [1.54, 1.807) is 32.3 Å². The summed E-state index contributed by atoms with van der Waals surface area (Å²) in [6.45, 7) is -0.383. The molecule has 9 nitrogen and oxygen atoms in total. The van der Waals surface area contributed by atoms with Crippen LogP contribution in [0.3, 0.4) is 0 Å². The fourth-order valence-electron chi connectivity index (χ4n) is 2.09. The van der Waals surface area contributed by atoms with Crippen LogP contribution in [0.1, 0.15) is 10.4 Å². The van der Waals surface area contributed by atoms with Crippen molar-refractivity contribution in [1.82, 2.24) is 9.47 Å². The lowest BCUT2D eigenvalue weighted by Crippen LogP contribution is -2.27. The van der Waals surface area contributed by atoms with Crippen LogP contribution in [0, 0.1) is 10.1 Å². The van der Waals surface area contributed by atoms with Gasteiger partial charge >= 0.3 is 0 Å². The maximum Gasteiger partial charge on any atom is 0.285 e. The van der Waals surface area contributed by atoms with E-state index >= 15 is 0 Å². The summed E-state index contributed by atoms with van der Waals surface area (Å²) in [4.78, 5) is 47.2. The van der Waals surface area contributed by atoms with Gasteiger partial charge in [-0.1, -0.05) is 6.07 Å². The summed E-state index contributed by atoms with van der Waals surface area (Å²) in [7, 11) is 3.23. The molecule has 0 bridgehead atoms. The summed E-state index contributed by atoms with van der Waals surface area (Å²) in [6.07, 6.45) is 1.01. The predicted octanol–water partition coefficient (Wildman–Crippen LogP) is 1.10. The van der Waals surface area contributed by atoms with Crippen LogP contribution >= 0.6 is 0 Å². The Morgan fingerprint density at radius 2 is 1.96 bits per heavy atom. The number of pyridine rings is 1. The summed E-state index contributed by atoms with van der Waals surface area (Å²) in [5.74, 6) is -0.761. The van der Waals surface area contributed by atoms with Gasteiger partial charge in [0.1, 0.15) is 6.54 Å². The van der Waals surface area contributed by atoms with Crippen molar-refractivity contribution in [2.45, 2.75) is 6.54 Å². The Bertz CT molecular complexity index is 888. The van der Waals surface area contributed by atoms with Crippen molar-refractivity contribution in [3.63, 3.8) is 0 Å². The van der Waals surface area contributed by atoms with Gasteiger partial charge in [-0.05, 0) is 18.2 Å². The number of aromatic nitrogens is 1. The van der Waals surface area contributed by atoms with Crippen molar-refractivity contribution in [2.75, 3.05) is 19.4 Å². The first-order chi connectivity index (χ1) is 11.8. The smallest absolute Gasteiger partial charge is 0.285 e. The Morgan fingerprint density at radius 1 is 1.24 bits per heavy atom. The van der Waals surface area contributed by atoms with Crippen LogP contribution in [0.15, 0.2) is 47.4 Å². The van der Waals surface area contributed by atoms with E-state index < -0.39 is 16.4 Å². The molecule has 0 atom stereocenters. The zero-order chi connectivity index (χ0) is 18.6. The maximum atomic E-state index is 12.1. The lowest BCUT2D eigenvalue weighted by atomic mass is 10.2. The lowest BCUT2D eigenvalue weighted by molar-refractivity contribution is -0.385. The molecule has 2 rings (SSSR count). The fraction of sp³-hybridized carbons (Fsp3) is 0.188. The second-order valence-electron chi connectivity index (χ2n) is 5.44. The van der Waals surface area contributed by atoms with Crippen LogP contribution in [0.4, 0.5) is 11.4 Å². The maximum absolute atomic E-state index is 12.1. The molecule has 0 unspecified atom stereocenters. The van der Waals surface area contributed by atoms with Crippen LogP contribution in [0.2, 0.25) is 0 Å². The van der Waals surface area contributed by atoms with Gasteiger partial charge in [0, 0.05) is 37.5 Å². The summed E-state index contributed by atoms with van der Waals surface area (Å²) < 4.78 is 0.947. The largest absolute Gasteiger partial charge is 0.345 e. The van der Waals surface area contributed by atoms with E-state index in [-0.39, 0.29) is 18.1 Å². The van der Waals surface area contributed by atoms with E-state index in [2.05, 4.69) is 5.32 Å². The number of rotatable bonds is 5. The molecule has 130 valence electrons. The Hall–Kier alpha value is -3.49. The molecule has 0 saturated carbocycles. The molecule has 0 saturated heterocycles. The van der Waals surface area contributed by atoms with Gasteiger partial charge in [-0.25, -0.2) is 0 Å². The summed E-state index contributed by atoms with van der Waals surface area (Å²) in [5, 5.41) is 13.3. The lowest BCUT2D eigenvalue weighted by Gasteiger charge is -2.12. The van der Waals surface area contributed by atoms with Gasteiger partial charge in [-0.3, -0.25) is 29.1 Å². The minimum absolute atomic E-state index is 0.217. The number of hydrogen-bond acceptors (Lipinski definition) is 5. The number of hydrogen-bond donors (Lipinski definition) is 1. The number of carbonyl (C=O) groups is 2. The molecule has 9 heteroatoms. The first-order valence-corrected chi connectivity index (χ1v) is 7.24. The zero-order valence-corrected chi connectivity index (χ0v) is 13.6. The van der Waals surface area contributed by atoms with Crippen molar-refractivity contribution in [1.29, 1.82) is 0 Å². The normalized spacial score (nSPS) is 10.2. The minimum Gasteiger partial charge on any atom is -0.345 e.